The second-order valence-electron chi connectivity index (χ2n) is 2.68. The summed E-state index contributed by atoms with van der Waals surface area (Å²) >= 11 is 7.89. The lowest BCUT2D eigenvalue weighted by molar-refractivity contribution is 0.103. The van der Waals surface area contributed by atoms with Crippen molar-refractivity contribution in [1.29, 1.82) is 0 Å². The topological polar surface area (TPSA) is 42.9 Å². The van der Waals surface area contributed by atoms with Gasteiger partial charge in [-0.3, -0.25) is 14.8 Å². The molecular formula is C9H4Br2N2OS. The number of pyridine rings is 1. The highest BCUT2D eigenvalue weighted by Gasteiger charge is 2.15. The summed E-state index contributed by atoms with van der Waals surface area (Å²) in [5.41, 5.74) is 2.03. The Balaban J connectivity index is 2.42. The van der Waals surface area contributed by atoms with Crippen LogP contribution in [0.4, 0.5) is 0 Å². The Morgan fingerprint density at radius 1 is 1.33 bits per heavy atom. The van der Waals surface area contributed by atoms with Crippen molar-refractivity contribution in [3.05, 3.63) is 43.5 Å². The molecule has 0 unspecified atom stereocenters. The zero-order valence-electron chi connectivity index (χ0n) is 7.28. The van der Waals surface area contributed by atoms with Gasteiger partial charge in [-0.05, 0) is 37.9 Å². The molecule has 0 radical (unpaired) electrons. The molecule has 76 valence electrons. The molecule has 0 atom stereocenters. The number of hydrogen-bond acceptors (Lipinski definition) is 4. The highest BCUT2D eigenvalue weighted by Crippen LogP contribution is 2.22. The second-order valence-corrected chi connectivity index (χ2v) is 5.34. The van der Waals surface area contributed by atoms with Crippen molar-refractivity contribution in [3.8, 4) is 0 Å². The standard InChI is InChI=1S/C9H4Br2N2OS/c10-5-1-6(11)8(13-2-5)9(14)7-3-12-4-15-7/h1-4H. The smallest absolute Gasteiger partial charge is 0.224 e. The molecule has 15 heavy (non-hydrogen) atoms. The van der Waals surface area contributed by atoms with Crippen LogP contribution in [0, 0.1) is 0 Å². The molecule has 0 aromatic carbocycles. The third-order valence-electron chi connectivity index (χ3n) is 1.68. The molecule has 0 N–H and O–H groups in total. The van der Waals surface area contributed by atoms with Gasteiger partial charge >= 0.3 is 0 Å². The van der Waals surface area contributed by atoms with Gasteiger partial charge in [-0.2, -0.15) is 0 Å². The summed E-state index contributed by atoms with van der Waals surface area (Å²) in [5.74, 6) is -0.114. The first kappa shape index (κ1) is 10.9. The molecule has 2 rings (SSSR count). The molecule has 0 saturated heterocycles. The number of halogens is 2. The minimum absolute atomic E-state index is 0.114. The molecule has 0 aliphatic heterocycles. The summed E-state index contributed by atoms with van der Waals surface area (Å²) in [4.78, 5) is 20.4. The van der Waals surface area contributed by atoms with E-state index in [2.05, 4.69) is 41.8 Å². The average Bonchev–Trinajstić information content (AvgIpc) is 2.69. The summed E-state index contributed by atoms with van der Waals surface area (Å²) in [7, 11) is 0. The van der Waals surface area contributed by atoms with Crippen LogP contribution in [0.15, 0.2) is 32.9 Å². The van der Waals surface area contributed by atoms with Gasteiger partial charge in [0.25, 0.3) is 0 Å². The predicted octanol–water partition coefficient (Wildman–Crippen LogP) is 3.29. The van der Waals surface area contributed by atoms with Gasteiger partial charge in [-0.25, -0.2) is 0 Å². The molecule has 3 nitrogen and oxygen atoms in total. The lowest BCUT2D eigenvalue weighted by atomic mass is 10.2. The van der Waals surface area contributed by atoms with E-state index in [1.165, 1.54) is 11.3 Å². The Bertz CT molecular complexity index is 499. The first-order valence-corrected chi connectivity index (χ1v) is 6.39. The van der Waals surface area contributed by atoms with Crippen molar-refractivity contribution >= 4 is 49.0 Å². The minimum atomic E-state index is -0.114. The molecule has 0 aliphatic carbocycles. The van der Waals surface area contributed by atoms with E-state index in [4.69, 9.17) is 0 Å². The van der Waals surface area contributed by atoms with Crippen molar-refractivity contribution in [2.45, 2.75) is 0 Å². The molecule has 0 aliphatic rings. The Labute approximate surface area is 107 Å². The average molecular weight is 348 g/mol. The highest BCUT2D eigenvalue weighted by molar-refractivity contribution is 9.11. The first-order valence-electron chi connectivity index (χ1n) is 3.92. The molecule has 0 amide bonds. The Kier molecular flexibility index (Phi) is 3.28. The highest BCUT2D eigenvalue weighted by atomic mass is 79.9. The maximum absolute atomic E-state index is 11.9. The van der Waals surface area contributed by atoms with E-state index < -0.39 is 0 Å². The molecule has 2 aromatic heterocycles. The molecular weight excluding hydrogens is 344 g/mol. The van der Waals surface area contributed by atoms with Crippen molar-refractivity contribution in [2.24, 2.45) is 0 Å². The van der Waals surface area contributed by atoms with E-state index in [1.54, 1.807) is 24.0 Å². The maximum atomic E-state index is 11.9. The fourth-order valence-electron chi connectivity index (χ4n) is 1.03. The van der Waals surface area contributed by atoms with Crippen LogP contribution in [0.3, 0.4) is 0 Å². The second kappa shape index (κ2) is 4.51. The van der Waals surface area contributed by atoms with Crippen LogP contribution in [0.25, 0.3) is 0 Å². The number of hydrogen-bond donors (Lipinski definition) is 0. The van der Waals surface area contributed by atoms with Gasteiger partial charge in [0, 0.05) is 21.3 Å². The van der Waals surface area contributed by atoms with Gasteiger partial charge in [0.1, 0.15) is 5.69 Å². The van der Waals surface area contributed by atoms with Crippen molar-refractivity contribution < 1.29 is 4.79 Å². The van der Waals surface area contributed by atoms with Crippen LogP contribution in [0.1, 0.15) is 15.4 Å². The van der Waals surface area contributed by atoms with E-state index in [1.807, 2.05) is 0 Å². The largest absolute Gasteiger partial charge is 0.286 e. The molecule has 0 spiro atoms. The molecule has 0 fully saturated rings. The number of carbonyl (C=O) groups excluding carboxylic acids is 1. The SMILES string of the molecule is O=C(c1cncs1)c1ncc(Br)cc1Br. The number of aromatic nitrogens is 2. The van der Waals surface area contributed by atoms with Crippen LogP contribution in [-0.2, 0) is 0 Å². The lowest BCUT2D eigenvalue weighted by Crippen LogP contribution is -2.02. The van der Waals surface area contributed by atoms with E-state index in [-0.39, 0.29) is 5.78 Å². The first-order chi connectivity index (χ1) is 7.18. The molecule has 0 saturated carbocycles. The summed E-state index contributed by atoms with van der Waals surface area (Å²) in [5, 5.41) is 0. The zero-order valence-corrected chi connectivity index (χ0v) is 11.3. The summed E-state index contributed by atoms with van der Waals surface area (Å²) < 4.78 is 1.51. The van der Waals surface area contributed by atoms with Gasteiger partial charge in [-0.15, -0.1) is 11.3 Å². The third-order valence-corrected chi connectivity index (χ3v) is 3.49. The van der Waals surface area contributed by atoms with Crippen LogP contribution in [0.5, 0.6) is 0 Å². The van der Waals surface area contributed by atoms with Crippen molar-refractivity contribution in [2.75, 3.05) is 0 Å². The Morgan fingerprint density at radius 3 is 2.73 bits per heavy atom. The fourth-order valence-corrected chi connectivity index (χ4v) is 2.75. The van der Waals surface area contributed by atoms with Crippen LogP contribution < -0.4 is 0 Å². The molecule has 2 heterocycles. The van der Waals surface area contributed by atoms with E-state index >= 15 is 0 Å². The normalized spacial score (nSPS) is 10.3. The number of ketones is 1. The maximum Gasteiger partial charge on any atom is 0.224 e. The zero-order chi connectivity index (χ0) is 10.8. The third kappa shape index (κ3) is 2.32. The van der Waals surface area contributed by atoms with Gasteiger partial charge in [0.05, 0.1) is 10.4 Å². The Hall–Kier alpha value is -0.590. The number of nitrogens with zero attached hydrogens (tertiary/aromatic N) is 2. The predicted molar refractivity (Wildman–Crippen MR) is 65.2 cm³/mol. The van der Waals surface area contributed by atoms with Gasteiger partial charge in [0.15, 0.2) is 0 Å². The van der Waals surface area contributed by atoms with Gasteiger partial charge in [0.2, 0.25) is 5.78 Å². The monoisotopic (exact) mass is 346 g/mol. The van der Waals surface area contributed by atoms with Crippen molar-refractivity contribution in [3.63, 3.8) is 0 Å². The summed E-state index contributed by atoms with van der Waals surface area (Å²) in [6.07, 6.45) is 3.14. The van der Waals surface area contributed by atoms with Crippen molar-refractivity contribution in [1.82, 2.24) is 9.97 Å². The van der Waals surface area contributed by atoms with E-state index in [9.17, 15) is 4.79 Å². The molecule has 6 heteroatoms. The van der Waals surface area contributed by atoms with E-state index in [0.29, 0.717) is 15.0 Å². The molecule has 0 bridgehead atoms. The molecule has 2 aromatic rings. The number of rotatable bonds is 2. The van der Waals surface area contributed by atoms with Crippen LogP contribution in [-0.4, -0.2) is 15.8 Å². The van der Waals surface area contributed by atoms with Gasteiger partial charge in [-0.1, -0.05) is 0 Å². The summed E-state index contributed by atoms with van der Waals surface area (Å²) in [6.45, 7) is 0. The van der Waals surface area contributed by atoms with Crippen LogP contribution >= 0.6 is 43.2 Å². The number of thiazole rings is 1. The van der Waals surface area contributed by atoms with Crippen LogP contribution in [0.2, 0.25) is 0 Å². The lowest BCUT2D eigenvalue weighted by Gasteiger charge is -2.00. The quantitative estimate of drug-likeness (QED) is 0.783. The number of carbonyl (C=O) groups is 1. The summed E-state index contributed by atoms with van der Waals surface area (Å²) in [6, 6.07) is 1.79. The fraction of sp³-hybridized carbons (Fsp3) is 0. The van der Waals surface area contributed by atoms with Gasteiger partial charge < -0.3 is 0 Å². The Morgan fingerprint density at radius 2 is 2.13 bits per heavy atom. The van der Waals surface area contributed by atoms with E-state index in [0.717, 1.165) is 4.47 Å². The minimum Gasteiger partial charge on any atom is -0.286 e.